The van der Waals surface area contributed by atoms with E-state index in [2.05, 4.69) is 19.8 Å². The van der Waals surface area contributed by atoms with Gasteiger partial charge < -0.3 is 9.88 Å². The molecule has 1 aromatic heterocycles. The van der Waals surface area contributed by atoms with Crippen molar-refractivity contribution in [3.63, 3.8) is 0 Å². The van der Waals surface area contributed by atoms with Gasteiger partial charge in [-0.3, -0.25) is 9.69 Å². The van der Waals surface area contributed by atoms with Crippen LogP contribution in [0.5, 0.6) is 0 Å². The summed E-state index contributed by atoms with van der Waals surface area (Å²) in [5.41, 5.74) is 1.95. The first-order valence-electron chi connectivity index (χ1n) is 8.83. The highest BCUT2D eigenvalue weighted by Crippen LogP contribution is 2.32. The van der Waals surface area contributed by atoms with Gasteiger partial charge in [-0.2, -0.15) is 0 Å². The zero-order valence-electron chi connectivity index (χ0n) is 13.3. The van der Waals surface area contributed by atoms with Crippen molar-refractivity contribution >= 4 is 0 Å². The van der Waals surface area contributed by atoms with Crippen LogP contribution in [0.2, 0.25) is 0 Å². The van der Waals surface area contributed by atoms with Crippen LogP contribution in [0.3, 0.4) is 0 Å². The smallest absolute Gasteiger partial charge is 0.255 e. The number of hydrogen-bond acceptors (Lipinski definition) is 4. The first-order valence-corrected chi connectivity index (χ1v) is 8.83. The van der Waals surface area contributed by atoms with E-state index in [4.69, 9.17) is 0 Å². The van der Waals surface area contributed by atoms with E-state index in [0.717, 1.165) is 49.3 Å². The van der Waals surface area contributed by atoms with Gasteiger partial charge in [0.05, 0.1) is 17.6 Å². The number of aromatic amines is 1. The van der Waals surface area contributed by atoms with Gasteiger partial charge in [-0.15, -0.1) is 0 Å². The minimum atomic E-state index is 0.0534. The third kappa shape index (κ3) is 2.72. The maximum absolute atomic E-state index is 12.0. The van der Waals surface area contributed by atoms with Crippen LogP contribution >= 0.6 is 0 Å². The maximum atomic E-state index is 12.0. The molecule has 3 aliphatic heterocycles. The molecule has 0 aromatic carbocycles. The Hall–Kier alpha value is -1.20. The second-order valence-corrected chi connectivity index (χ2v) is 7.14. The summed E-state index contributed by atoms with van der Waals surface area (Å²) >= 11 is 0. The van der Waals surface area contributed by atoms with Crippen molar-refractivity contribution in [3.05, 3.63) is 27.9 Å². The number of hydrogen-bond donors (Lipinski definition) is 1. The molecule has 1 N–H and O–H groups in total. The third-order valence-electron chi connectivity index (χ3n) is 5.81. The van der Waals surface area contributed by atoms with Gasteiger partial charge in [-0.1, -0.05) is 6.42 Å². The lowest BCUT2D eigenvalue weighted by Crippen LogP contribution is -2.51. The largest absolute Gasteiger partial charge is 0.313 e. The zero-order valence-corrected chi connectivity index (χ0v) is 13.3. The summed E-state index contributed by atoms with van der Waals surface area (Å²) in [5, 5.41) is 0. The van der Waals surface area contributed by atoms with Crippen LogP contribution in [0.25, 0.3) is 0 Å². The van der Waals surface area contributed by atoms with Crippen molar-refractivity contribution < 1.29 is 0 Å². The summed E-state index contributed by atoms with van der Waals surface area (Å²) in [6.45, 7) is 5.57. The van der Waals surface area contributed by atoms with Crippen molar-refractivity contribution in [2.45, 2.75) is 51.1 Å². The van der Waals surface area contributed by atoms with Gasteiger partial charge in [0.25, 0.3) is 5.56 Å². The fourth-order valence-corrected chi connectivity index (χ4v) is 4.69. The molecule has 120 valence electrons. The summed E-state index contributed by atoms with van der Waals surface area (Å²) in [6.07, 6.45) is 9.29. The average molecular weight is 302 g/mol. The molecule has 5 nitrogen and oxygen atoms in total. The lowest BCUT2D eigenvalue weighted by Gasteiger charge is -2.46. The molecule has 1 aromatic rings. The van der Waals surface area contributed by atoms with Gasteiger partial charge in [0.1, 0.15) is 0 Å². The van der Waals surface area contributed by atoms with Gasteiger partial charge in [0.15, 0.2) is 0 Å². The van der Waals surface area contributed by atoms with E-state index in [1.807, 2.05) is 0 Å². The number of aromatic nitrogens is 2. The van der Waals surface area contributed by atoms with Gasteiger partial charge in [-0.25, -0.2) is 4.98 Å². The number of nitrogens with zero attached hydrogens (tertiary/aromatic N) is 3. The van der Waals surface area contributed by atoms with E-state index in [-0.39, 0.29) is 5.56 Å². The van der Waals surface area contributed by atoms with Gasteiger partial charge in [0.2, 0.25) is 0 Å². The monoisotopic (exact) mass is 302 g/mol. The highest BCUT2D eigenvalue weighted by atomic mass is 16.1. The Kier molecular flexibility index (Phi) is 4.01. The molecule has 0 spiro atoms. The van der Waals surface area contributed by atoms with Crippen molar-refractivity contribution in [3.8, 4) is 0 Å². The number of nitrogens with one attached hydrogen (secondary N) is 1. The fraction of sp³-hybridized carbons (Fsp3) is 0.765. The van der Waals surface area contributed by atoms with E-state index >= 15 is 0 Å². The number of H-pyrrole nitrogens is 1. The van der Waals surface area contributed by atoms with Crippen molar-refractivity contribution in [1.29, 1.82) is 0 Å². The van der Waals surface area contributed by atoms with Crippen LogP contribution in [-0.2, 0) is 13.0 Å². The predicted octanol–water partition coefficient (Wildman–Crippen LogP) is 1.39. The summed E-state index contributed by atoms with van der Waals surface area (Å²) in [4.78, 5) is 24.3. The first kappa shape index (κ1) is 14.4. The Balaban J connectivity index is 1.45. The van der Waals surface area contributed by atoms with Crippen molar-refractivity contribution in [1.82, 2.24) is 19.8 Å². The third-order valence-corrected chi connectivity index (χ3v) is 5.81. The highest BCUT2D eigenvalue weighted by Gasteiger charge is 2.34. The Morgan fingerprint density at radius 3 is 3.05 bits per heavy atom. The van der Waals surface area contributed by atoms with Crippen LogP contribution in [0.4, 0.5) is 0 Å². The summed E-state index contributed by atoms with van der Waals surface area (Å²) in [7, 11) is 0. The molecule has 0 saturated carbocycles. The summed E-state index contributed by atoms with van der Waals surface area (Å²) in [5.74, 6) is 0.784. The molecule has 0 bridgehead atoms. The van der Waals surface area contributed by atoms with Crippen LogP contribution < -0.4 is 5.56 Å². The fourth-order valence-electron chi connectivity index (χ4n) is 4.69. The number of fused-ring (bicyclic) bond motifs is 2. The number of piperidine rings is 2. The highest BCUT2D eigenvalue weighted by molar-refractivity contribution is 5.19. The zero-order chi connectivity index (χ0) is 14.9. The molecule has 2 fully saturated rings. The Morgan fingerprint density at radius 1 is 1.18 bits per heavy atom. The van der Waals surface area contributed by atoms with E-state index in [1.165, 1.54) is 51.5 Å². The first-order chi connectivity index (χ1) is 10.8. The minimum absolute atomic E-state index is 0.0534. The standard InChI is InChI=1S/C17H26N4O/c22-17-14-11-20(9-6-15(14)18-12-19-17)10-13-4-3-8-21-7-2-1-5-16(13)21/h12-13,16H,1-11H2,(H,18,19,22)/t13-,16+/m0/s1. The van der Waals surface area contributed by atoms with Crippen LogP contribution in [0, 0.1) is 5.92 Å². The van der Waals surface area contributed by atoms with Crippen LogP contribution in [-0.4, -0.2) is 52.0 Å². The van der Waals surface area contributed by atoms with Crippen molar-refractivity contribution in [2.75, 3.05) is 26.2 Å². The predicted molar refractivity (Wildman–Crippen MR) is 85.8 cm³/mol. The minimum Gasteiger partial charge on any atom is -0.313 e. The Bertz CT molecular complexity index is 582. The quantitative estimate of drug-likeness (QED) is 0.897. The molecule has 0 amide bonds. The summed E-state index contributed by atoms with van der Waals surface area (Å²) < 4.78 is 0. The molecule has 2 saturated heterocycles. The number of rotatable bonds is 2. The Morgan fingerprint density at radius 2 is 2.09 bits per heavy atom. The normalized spacial score (nSPS) is 29.8. The molecular formula is C17H26N4O. The lowest BCUT2D eigenvalue weighted by molar-refractivity contribution is 0.0377. The van der Waals surface area contributed by atoms with Crippen LogP contribution in [0.15, 0.2) is 11.1 Å². The molecule has 2 atom stereocenters. The topological polar surface area (TPSA) is 52.2 Å². The molecule has 5 heteroatoms. The second kappa shape index (κ2) is 6.13. The molecule has 4 rings (SSSR count). The van der Waals surface area contributed by atoms with Crippen LogP contribution in [0.1, 0.15) is 43.4 Å². The molecule has 0 unspecified atom stereocenters. The molecule has 0 aliphatic carbocycles. The second-order valence-electron chi connectivity index (χ2n) is 7.14. The van der Waals surface area contributed by atoms with Gasteiger partial charge in [-0.05, 0) is 44.7 Å². The SMILES string of the molecule is O=c1[nH]cnc2c1CN(C[C@@H]1CCCN3CCCC[C@H]13)CC2. The maximum Gasteiger partial charge on any atom is 0.255 e. The molecule has 4 heterocycles. The molecule has 22 heavy (non-hydrogen) atoms. The van der Waals surface area contributed by atoms with E-state index < -0.39 is 0 Å². The lowest BCUT2D eigenvalue weighted by atomic mass is 9.83. The average Bonchev–Trinajstić information content (AvgIpc) is 2.56. The Labute approximate surface area is 131 Å². The van der Waals surface area contributed by atoms with E-state index in [0.29, 0.717) is 0 Å². The van der Waals surface area contributed by atoms with E-state index in [1.54, 1.807) is 0 Å². The van der Waals surface area contributed by atoms with Gasteiger partial charge >= 0.3 is 0 Å². The van der Waals surface area contributed by atoms with Crippen molar-refractivity contribution in [2.24, 2.45) is 5.92 Å². The van der Waals surface area contributed by atoms with E-state index in [9.17, 15) is 4.79 Å². The summed E-state index contributed by atoms with van der Waals surface area (Å²) in [6, 6.07) is 0.788. The molecular weight excluding hydrogens is 276 g/mol. The molecule has 3 aliphatic rings. The molecule has 0 radical (unpaired) electrons. The van der Waals surface area contributed by atoms with Gasteiger partial charge in [0, 0.05) is 32.1 Å².